The molecule has 1 fully saturated rings. The van der Waals surface area contributed by atoms with Gasteiger partial charge in [0, 0.05) is 24.2 Å². The summed E-state index contributed by atoms with van der Waals surface area (Å²) in [5.41, 5.74) is 1.27. The van der Waals surface area contributed by atoms with Gasteiger partial charge in [-0.15, -0.1) is 0 Å². The number of carboxylic acid groups (broad SMARTS) is 1. The van der Waals surface area contributed by atoms with E-state index in [2.05, 4.69) is 25.8 Å². The normalized spacial score (nSPS) is 15.6. The molecule has 2 aromatic rings. The van der Waals surface area contributed by atoms with Gasteiger partial charge >= 0.3 is 5.97 Å². The molecule has 0 unspecified atom stereocenters. The molecule has 0 amide bonds. The van der Waals surface area contributed by atoms with Crippen LogP contribution in [0.3, 0.4) is 0 Å². The minimum Gasteiger partial charge on any atom is -0.492 e. The molecule has 0 radical (unpaired) electrons. The Kier molecular flexibility index (Phi) is 6.70. The van der Waals surface area contributed by atoms with Gasteiger partial charge in [0.05, 0.1) is 49.2 Å². The Bertz CT molecular complexity index is 1110. The number of hydrogen-bond donors (Lipinski definition) is 1. The van der Waals surface area contributed by atoms with Crippen LogP contribution >= 0.6 is 11.6 Å². The lowest BCUT2D eigenvalue weighted by Crippen LogP contribution is -2.52. The molecule has 1 aromatic carbocycles. The number of benzene rings is 1. The molecule has 2 aliphatic rings. The molecule has 1 N–H and O–H groups in total. The molecule has 0 saturated carbocycles. The van der Waals surface area contributed by atoms with Crippen LogP contribution in [-0.4, -0.2) is 53.8 Å². The number of halogens is 1. The molecule has 0 aliphatic carbocycles. The van der Waals surface area contributed by atoms with E-state index in [1.807, 2.05) is 6.07 Å². The van der Waals surface area contributed by atoms with Gasteiger partial charge in [-0.1, -0.05) is 18.5 Å². The first-order valence-electron chi connectivity index (χ1n) is 11.1. The number of pyridine rings is 1. The molecule has 33 heavy (non-hydrogen) atoms. The third kappa shape index (κ3) is 4.74. The maximum Gasteiger partial charge on any atom is 0.341 e. The molecular weight excluding hydrogens is 448 g/mol. The first-order chi connectivity index (χ1) is 15.7. The van der Waals surface area contributed by atoms with E-state index in [1.165, 1.54) is 12.3 Å². The van der Waals surface area contributed by atoms with Gasteiger partial charge in [0.25, 0.3) is 0 Å². The number of fused-ring (bicyclic) bond motifs is 3. The second-order valence-electron chi connectivity index (χ2n) is 8.98. The number of nitrogens with zero attached hydrogens (tertiary/aromatic N) is 2. The average molecular weight is 477 g/mol. The molecule has 0 atom stereocenters. The molecule has 8 nitrogen and oxygen atoms in total. The second-order valence-corrected chi connectivity index (χ2v) is 9.39. The standard InChI is InChI=1S/C24H29ClN2O6/c1-4-24(2,3)27-11-15-8-22(33-7-5-6-32-16-13-31-14-16)19(25)9-17(15)20-10-21(28)18(23(29)30)12-26(20)27/h8-10,12,16H,4-7,11,13-14H2,1-3H3,(H,29,30). The highest BCUT2D eigenvalue weighted by molar-refractivity contribution is 6.32. The van der Waals surface area contributed by atoms with Gasteiger partial charge in [-0.3, -0.25) is 9.47 Å². The molecule has 9 heteroatoms. The number of aromatic nitrogens is 1. The number of carboxylic acids is 1. The van der Waals surface area contributed by atoms with Gasteiger partial charge in [0.2, 0.25) is 0 Å². The van der Waals surface area contributed by atoms with Crippen LogP contribution < -0.4 is 15.2 Å². The number of aromatic carboxylic acids is 1. The van der Waals surface area contributed by atoms with E-state index >= 15 is 0 Å². The third-order valence-electron chi connectivity index (χ3n) is 6.35. The maximum absolute atomic E-state index is 12.5. The van der Waals surface area contributed by atoms with E-state index < -0.39 is 11.4 Å². The van der Waals surface area contributed by atoms with Crippen LogP contribution in [0.15, 0.2) is 29.2 Å². The van der Waals surface area contributed by atoms with Crippen molar-refractivity contribution in [2.45, 2.75) is 51.8 Å². The third-order valence-corrected chi connectivity index (χ3v) is 6.64. The van der Waals surface area contributed by atoms with Crippen LogP contribution in [0.1, 0.15) is 49.5 Å². The van der Waals surface area contributed by atoms with E-state index in [0.29, 0.717) is 49.4 Å². The highest BCUT2D eigenvalue weighted by Gasteiger charge is 2.33. The molecule has 3 heterocycles. The highest BCUT2D eigenvalue weighted by Crippen LogP contribution is 2.39. The van der Waals surface area contributed by atoms with Crippen molar-refractivity contribution < 1.29 is 24.1 Å². The zero-order chi connectivity index (χ0) is 23.8. The Morgan fingerprint density at radius 2 is 2.03 bits per heavy atom. The number of carbonyl (C=O) groups is 1. The molecule has 0 bridgehead atoms. The average Bonchev–Trinajstić information content (AvgIpc) is 2.74. The second kappa shape index (κ2) is 9.37. The van der Waals surface area contributed by atoms with Crippen molar-refractivity contribution in [3.63, 3.8) is 0 Å². The fourth-order valence-electron chi connectivity index (χ4n) is 3.89. The van der Waals surface area contributed by atoms with Gasteiger partial charge < -0.3 is 24.3 Å². The summed E-state index contributed by atoms with van der Waals surface area (Å²) in [6.45, 7) is 9.13. The zero-order valence-corrected chi connectivity index (χ0v) is 19.9. The van der Waals surface area contributed by atoms with Gasteiger partial charge in [-0.05, 0) is 38.0 Å². The quantitative estimate of drug-likeness (QED) is 0.552. The summed E-state index contributed by atoms with van der Waals surface area (Å²) in [5.74, 6) is -0.666. The van der Waals surface area contributed by atoms with Crippen LogP contribution in [0.2, 0.25) is 5.02 Å². The van der Waals surface area contributed by atoms with Crippen molar-refractivity contribution >= 4 is 17.6 Å². The molecule has 1 aromatic heterocycles. The lowest BCUT2D eigenvalue weighted by atomic mass is 9.95. The van der Waals surface area contributed by atoms with Crippen LogP contribution in [0, 0.1) is 0 Å². The van der Waals surface area contributed by atoms with Crippen molar-refractivity contribution in [2.24, 2.45) is 0 Å². The lowest BCUT2D eigenvalue weighted by molar-refractivity contribution is -0.130. The first kappa shape index (κ1) is 23.6. The Hall–Kier alpha value is -2.55. The highest BCUT2D eigenvalue weighted by atomic mass is 35.5. The minimum atomic E-state index is -1.24. The van der Waals surface area contributed by atoms with Crippen LogP contribution in [0.25, 0.3) is 11.3 Å². The fraction of sp³-hybridized carbons (Fsp3) is 0.500. The van der Waals surface area contributed by atoms with Crippen LogP contribution in [0.5, 0.6) is 5.75 Å². The number of rotatable bonds is 9. The largest absolute Gasteiger partial charge is 0.492 e. The molecule has 0 spiro atoms. The SMILES string of the molecule is CCC(C)(C)N1Cc2cc(OCCCOC3COC3)c(Cl)cc2-c2cc(=O)c(C(=O)O)cn21. The van der Waals surface area contributed by atoms with Gasteiger partial charge in [0.1, 0.15) is 17.4 Å². The van der Waals surface area contributed by atoms with E-state index in [4.69, 9.17) is 25.8 Å². The monoisotopic (exact) mass is 476 g/mol. The molecule has 2 aliphatic heterocycles. The summed E-state index contributed by atoms with van der Waals surface area (Å²) >= 11 is 6.53. The Labute approximate surface area is 197 Å². The van der Waals surface area contributed by atoms with Crippen LogP contribution in [-0.2, 0) is 16.0 Å². The van der Waals surface area contributed by atoms with E-state index in [-0.39, 0.29) is 17.2 Å². The Morgan fingerprint density at radius 1 is 1.27 bits per heavy atom. The Balaban J connectivity index is 1.63. The maximum atomic E-state index is 12.5. The van der Waals surface area contributed by atoms with Gasteiger partial charge in [0.15, 0.2) is 5.43 Å². The van der Waals surface area contributed by atoms with Crippen molar-refractivity contribution in [3.05, 3.63) is 50.8 Å². The van der Waals surface area contributed by atoms with E-state index in [9.17, 15) is 14.7 Å². The first-order valence-corrected chi connectivity index (χ1v) is 11.5. The summed E-state index contributed by atoms with van der Waals surface area (Å²) in [5, 5.41) is 12.0. The van der Waals surface area contributed by atoms with Crippen molar-refractivity contribution in [1.82, 2.24) is 4.68 Å². The molecule has 4 rings (SSSR count). The van der Waals surface area contributed by atoms with Crippen molar-refractivity contribution in [1.29, 1.82) is 0 Å². The van der Waals surface area contributed by atoms with E-state index in [1.54, 1.807) is 10.7 Å². The summed E-state index contributed by atoms with van der Waals surface area (Å²) in [7, 11) is 0. The summed E-state index contributed by atoms with van der Waals surface area (Å²) in [4.78, 5) is 24.1. The predicted molar refractivity (Wildman–Crippen MR) is 125 cm³/mol. The van der Waals surface area contributed by atoms with Gasteiger partial charge in [-0.2, -0.15) is 0 Å². The summed E-state index contributed by atoms with van der Waals surface area (Å²) in [6.07, 6.45) is 3.15. The summed E-state index contributed by atoms with van der Waals surface area (Å²) in [6, 6.07) is 5.07. The van der Waals surface area contributed by atoms with Crippen molar-refractivity contribution in [2.75, 3.05) is 31.4 Å². The zero-order valence-electron chi connectivity index (χ0n) is 19.1. The molecule has 178 valence electrons. The number of hydrogen-bond acceptors (Lipinski definition) is 6. The fourth-order valence-corrected chi connectivity index (χ4v) is 4.11. The Morgan fingerprint density at radius 3 is 2.67 bits per heavy atom. The van der Waals surface area contributed by atoms with E-state index in [0.717, 1.165) is 24.0 Å². The smallest absolute Gasteiger partial charge is 0.341 e. The molecule has 1 saturated heterocycles. The van der Waals surface area contributed by atoms with Crippen molar-refractivity contribution in [3.8, 4) is 17.0 Å². The summed E-state index contributed by atoms with van der Waals surface area (Å²) < 4.78 is 18.5. The molecular formula is C24H29ClN2O6. The topological polar surface area (TPSA) is 90.2 Å². The van der Waals surface area contributed by atoms with Gasteiger partial charge in [-0.25, -0.2) is 4.79 Å². The minimum absolute atomic E-state index is 0.190. The predicted octanol–water partition coefficient (Wildman–Crippen LogP) is 3.69. The number of ether oxygens (including phenoxy) is 3. The van der Waals surface area contributed by atoms with Crippen LogP contribution in [0.4, 0.5) is 0 Å². The lowest BCUT2D eigenvalue weighted by Gasteiger charge is -2.45.